The molecule has 0 aliphatic heterocycles. The molecule has 0 saturated carbocycles. The summed E-state index contributed by atoms with van der Waals surface area (Å²) >= 11 is 5.56. The topological polar surface area (TPSA) is 88.0 Å². The molecule has 13 heavy (non-hydrogen) atoms. The van der Waals surface area contributed by atoms with Crippen molar-refractivity contribution in [2.75, 3.05) is 0 Å². The van der Waals surface area contributed by atoms with E-state index in [4.69, 9.17) is 22.4 Å². The molecule has 0 aliphatic rings. The van der Waals surface area contributed by atoms with Crippen LogP contribution < -0.4 is 5.73 Å². The van der Waals surface area contributed by atoms with Gasteiger partial charge in [-0.25, -0.2) is 4.79 Å². The lowest BCUT2D eigenvalue weighted by Gasteiger charge is -1.95. The van der Waals surface area contributed by atoms with Gasteiger partial charge in [-0.3, -0.25) is 0 Å². The molecule has 5 nitrogen and oxygen atoms in total. The number of hydrogen-bond acceptors (Lipinski definition) is 3. The summed E-state index contributed by atoms with van der Waals surface area (Å²) < 4.78 is 0. The molecule has 6 heteroatoms. The van der Waals surface area contributed by atoms with E-state index < -0.39 is 6.03 Å². The summed E-state index contributed by atoms with van der Waals surface area (Å²) in [5.41, 5.74) is 5.08. The van der Waals surface area contributed by atoms with Crippen molar-refractivity contribution < 1.29 is 9.90 Å². The fourth-order valence-corrected chi connectivity index (χ4v) is 0.840. The molecular formula is C7H6ClN3O2. The van der Waals surface area contributed by atoms with Crippen molar-refractivity contribution >= 4 is 23.3 Å². The predicted molar refractivity (Wildman–Crippen MR) is 47.2 cm³/mol. The second kappa shape index (κ2) is 3.86. The number of azo groups is 1. The van der Waals surface area contributed by atoms with E-state index in [1.165, 1.54) is 18.2 Å². The van der Waals surface area contributed by atoms with Gasteiger partial charge in [0.25, 0.3) is 0 Å². The maximum atomic E-state index is 10.2. The zero-order valence-electron chi connectivity index (χ0n) is 6.44. The molecule has 0 unspecified atom stereocenters. The lowest BCUT2D eigenvalue weighted by atomic mass is 10.3. The van der Waals surface area contributed by atoms with Crippen molar-refractivity contribution in [1.29, 1.82) is 0 Å². The van der Waals surface area contributed by atoms with Gasteiger partial charge in [-0.05, 0) is 18.2 Å². The van der Waals surface area contributed by atoms with Gasteiger partial charge in [0.15, 0.2) is 0 Å². The van der Waals surface area contributed by atoms with Gasteiger partial charge in [-0.2, -0.15) is 0 Å². The zero-order chi connectivity index (χ0) is 9.84. The number of rotatable bonds is 1. The number of halogens is 1. The van der Waals surface area contributed by atoms with Crippen LogP contribution in [0.2, 0.25) is 5.02 Å². The molecule has 0 fully saturated rings. The Morgan fingerprint density at radius 1 is 1.54 bits per heavy atom. The molecule has 0 aliphatic carbocycles. The summed E-state index contributed by atoms with van der Waals surface area (Å²) in [5, 5.41) is 15.7. The number of aromatic hydroxyl groups is 1. The van der Waals surface area contributed by atoms with Crippen molar-refractivity contribution in [2.45, 2.75) is 0 Å². The summed E-state index contributed by atoms with van der Waals surface area (Å²) in [5.74, 6) is -0.0558. The number of primary amides is 1. The number of carbonyl (C=O) groups is 1. The average molecular weight is 200 g/mol. The minimum Gasteiger partial charge on any atom is -0.506 e. The average Bonchev–Trinajstić information content (AvgIpc) is 2.07. The standard InChI is InChI=1S/C7H6ClN3O2/c8-5-3-4(1-2-6(5)12)10-11-7(9)13/h1-3,12H,(H2,9,13). The van der Waals surface area contributed by atoms with Crippen molar-refractivity contribution in [3.63, 3.8) is 0 Å². The van der Waals surface area contributed by atoms with Gasteiger partial charge >= 0.3 is 6.03 Å². The quantitative estimate of drug-likeness (QED) is 0.679. The van der Waals surface area contributed by atoms with Gasteiger partial charge in [0.05, 0.1) is 10.7 Å². The third-order valence-corrected chi connectivity index (χ3v) is 1.50. The number of phenols is 1. The zero-order valence-corrected chi connectivity index (χ0v) is 7.19. The lowest BCUT2D eigenvalue weighted by molar-refractivity contribution is 0.255. The Morgan fingerprint density at radius 2 is 2.23 bits per heavy atom. The molecule has 0 radical (unpaired) electrons. The molecule has 2 amide bonds. The smallest absolute Gasteiger partial charge is 0.356 e. The summed E-state index contributed by atoms with van der Waals surface area (Å²) in [7, 11) is 0. The van der Waals surface area contributed by atoms with Crippen LogP contribution in [0.4, 0.5) is 10.5 Å². The van der Waals surface area contributed by atoms with Gasteiger partial charge < -0.3 is 10.8 Å². The van der Waals surface area contributed by atoms with Gasteiger partial charge in [0.2, 0.25) is 0 Å². The molecule has 1 aromatic carbocycles. The Morgan fingerprint density at radius 3 is 2.77 bits per heavy atom. The molecule has 1 rings (SSSR count). The minimum atomic E-state index is -0.885. The number of amides is 2. The number of nitrogens with two attached hydrogens (primary N) is 1. The fraction of sp³-hybridized carbons (Fsp3) is 0. The Labute approximate surface area is 78.8 Å². The first kappa shape index (κ1) is 9.47. The number of carbonyl (C=O) groups excluding carboxylic acids is 1. The van der Waals surface area contributed by atoms with E-state index in [1.54, 1.807) is 0 Å². The Balaban J connectivity index is 2.92. The Kier molecular flexibility index (Phi) is 2.81. The van der Waals surface area contributed by atoms with E-state index in [2.05, 4.69) is 10.2 Å². The number of benzene rings is 1. The van der Waals surface area contributed by atoms with E-state index in [0.29, 0.717) is 5.69 Å². The van der Waals surface area contributed by atoms with Crippen LogP contribution in [0.3, 0.4) is 0 Å². The minimum absolute atomic E-state index is 0.0558. The monoisotopic (exact) mass is 199 g/mol. The largest absolute Gasteiger partial charge is 0.506 e. The lowest BCUT2D eigenvalue weighted by Crippen LogP contribution is -2.01. The van der Waals surface area contributed by atoms with Crippen molar-refractivity contribution in [3.8, 4) is 5.75 Å². The molecule has 0 atom stereocenters. The summed E-state index contributed by atoms with van der Waals surface area (Å²) in [6, 6.07) is 3.28. The normalized spacial score (nSPS) is 10.5. The summed E-state index contributed by atoms with van der Waals surface area (Å²) in [6.07, 6.45) is 0. The van der Waals surface area contributed by atoms with Crippen LogP contribution in [0.5, 0.6) is 5.75 Å². The first-order valence-electron chi connectivity index (χ1n) is 3.29. The predicted octanol–water partition coefficient (Wildman–Crippen LogP) is 2.21. The molecule has 0 heterocycles. The maximum Gasteiger partial charge on any atom is 0.356 e. The molecule has 0 spiro atoms. The van der Waals surface area contributed by atoms with Crippen LogP contribution in [-0.4, -0.2) is 11.1 Å². The van der Waals surface area contributed by atoms with Crippen LogP contribution in [0, 0.1) is 0 Å². The first-order valence-corrected chi connectivity index (χ1v) is 3.67. The van der Waals surface area contributed by atoms with Crippen molar-refractivity contribution in [1.82, 2.24) is 0 Å². The van der Waals surface area contributed by atoms with Gasteiger partial charge in [-0.15, -0.1) is 5.11 Å². The summed E-state index contributed by atoms with van der Waals surface area (Å²) in [6.45, 7) is 0. The van der Waals surface area contributed by atoms with E-state index in [-0.39, 0.29) is 10.8 Å². The Bertz CT molecular complexity index is 365. The van der Waals surface area contributed by atoms with E-state index in [1.807, 2.05) is 0 Å². The molecule has 0 aromatic heterocycles. The highest BCUT2D eigenvalue weighted by molar-refractivity contribution is 6.32. The Hall–Kier alpha value is -1.62. The molecule has 68 valence electrons. The van der Waals surface area contributed by atoms with Crippen LogP contribution in [0.25, 0.3) is 0 Å². The van der Waals surface area contributed by atoms with Crippen molar-refractivity contribution in [3.05, 3.63) is 23.2 Å². The fourth-order valence-electron chi connectivity index (χ4n) is 0.665. The first-order chi connectivity index (χ1) is 6.09. The third-order valence-electron chi connectivity index (χ3n) is 1.20. The number of hydrogen-bond donors (Lipinski definition) is 2. The number of urea groups is 1. The third kappa shape index (κ3) is 2.72. The molecule has 1 aromatic rings. The van der Waals surface area contributed by atoms with Gasteiger partial charge in [-0.1, -0.05) is 16.7 Å². The van der Waals surface area contributed by atoms with Crippen LogP contribution in [-0.2, 0) is 0 Å². The molecular weight excluding hydrogens is 194 g/mol. The summed E-state index contributed by atoms with van der Waals surface area (Å²) in [4.78, 5) is 10.2. The van der Waals surface area contributed by atoms with Crippen molar-refractivity contribution in [2.24, 2.45) is 16.0 Å². The second-order valence-corrected chi connectivity index (χ2v) is 2.58. The highest BCUT2D eigenvalue weighted by atomic mass is 35.5. The van der Waals surface area contributed by atoms with Gasteiger partial charge in [0, 0.05) is 0 Å². The van der Waals surface area contributed by atoms with Crippen LogP contribution in [0.1, 0.15) is 0 Å². The molecule has 3 N–H and O–H groups in total. The highest BCUT2D eigenvalue weighted by Crippen LogP contribution is 2.27. The van der Waals surface area contributed by atoms with Crippen LogP contribution >= 0.6 is 11.6 Å². The van der Waals surface area contributed by atoms with E-state index in [9.17, 15) is 4.79 Å². The second-order valence-electron chi connectivity index (χ2n) is 2.17. The van der Waals surface area contributed by atoms with E-state index in [0.717, 1.165) is 0 Å². The van der Waals surface area contributed by atoms with Crippen LogP contribution in [0.15, 0.2) is 28.4 Å². The highest BCUT2D eigenvalue weighted by Gasteiger charge is 1.98. The molecule has 0 saturated heterocycles. The van der Waals surface area contributed by atoms with E-state index >= 15 is 0 Å². The SMILES string of the molecule is NC(=O)N=Nc1ccc(O)c(Cl)c1. The van der Waals surface area contributed by atoms with Gasteiger partial charge in [0.1, 0.15) is 5.75 Å². The number of phenolic OH excluding ortho intramolecular Hbond substituents is 1. The maximum absolute atomic E-state index is 10.2. The number of nitrogens with zero attached hydrogens (tertiary/aromatic N) is 2. The molecule has 0 bridgehead atoms.